The number of nitrogens with two attached hydrogens (primary N) is 1. The Labute approximate surface area is 89.5 Å². The number of ketones is 1. The van der Waals surface area contributed by atoms with E-state index in [2.05, 4.69) is 0 Å². The van der Waals surface area contributed by atoms with Crippen molar-refractivity contribution in [2.75, 3.05) is 0 Å². The number of rotatable bonds is 3. The minimum atomic E-state index is -0.474. The molecule has 0 amide bonds. The topological polar surface area (TPSA) is 66.9 Å². The maximum absolute atomic E-state index is 11.8. The second-order valence-electron chi connectivity index (χ2n) is 3.82. The molecule has 0 fully saturated rings. The zero-order valence-electron chi connectivity index (χ0n) is 8.90. The maximum Gasteiger partial charge on any atom is 0.179 e. The third kappa shape index (κ3) is 2.64. The lowest BCUT2D eigenvalue weighted by Crippen LogP contribution is -2.35. The van der Waals surface area contributed by atoms with Gasteiger partial charge in [0.05, 0.1) is 17.7 Å². The van der Waals surface area contributed by atoms with Gasteiger partial charge in [0, 0.05) is 5.56 Å². The molecule has 3 nitrogen and oxygen atoms in total. The second kappa shape index (κ2) is 4.72. The number of carbonyl (C=O) groups excluding carboxylic acids is 1. The van der Waals surface area contributed by atoms with Crippen LogP contribution >= 0.6 is 0 Å². The fraction of sp³-hybridized carbons (Fsp3) is 0.333. The summed E-state index contributed by atoms with van der Waals surface area (Å²) in [6, 6.07) is 8.06. The van der Waals surface area contributed by atoms with Gasteiger partial charge in [-0.2, -0.15) is 5.26 Å². The van der Waals surface area contributed by atoms with Crippen LogP contribution in [-0.2, 0) is 0 Å². The summed E-state index contributed by atoms with van der Waals surface area (Å²) in [7, 11) is 0. The van der Waals surface area contributed by atoms with Gasteiger partial charge in [0.25, 0.3) is 0 Å². The largest absolute Gasteiger partial charge is 0.321 e. The summed E-state index contributed by atoms with van der Waals surface area (Å²) in [6.07, 6.45) is 0. The number of nitriles is 1. The molecule has 0 aromatic heterocycles. The zero-order chi connectivity index (χ0) is 11.4. The Kier molecular flexibility index (Phi) is 3.59. The fourth-order valence-electron chi connectivity index (χ4n) is 1.20. The van der Waals surface area contributed by atoms with Gasteiger partial charge < -0.3 is 5.73 Å². The smallest absolute Gasteiger partial charge is 0.179 e. The van der Waals surface area contributed by atoms with Crippen molar-refractivity contribution in [3.8, 4) is 6.07 Å². The molecule has 0 bridgehead atoms. The first-order valence-corrected chi connectivity index (χ1v) is 4.86. The van der Waals surface area contributed by atoms with Gasteiger partial charge in [-0.05, 0) is 18.1 Å². The predicted octanol–water partition coefficient (Wildman–Crippen LogP) is 1.72. The van der Waals surface area contributed by atoms with Crippen molar-refractivity contribution in [1.82, 2.24) is 0 Å². The van der Waals surface area contributed by atoms with Gasteiger partial charge in [0.1, 0.15) is 0 Å². The third-order valence-electron chi connectivity index (χ3n) is 2.32. The standard InChI is InChI=1S/C12H14N2O/c1-8(2)11(14)12(15)10-5-3-9(7-13)4-6-10/h3-6,8,11H,14H2,1-2H3. The lowest BCUT2D eigenvalue weighted by molar-refractivity contribution is 0.0940. The monoisotopic (exact) mass is 202 g/mol. The Bertz CT molecular complexity index is 387. The minimum Gasteiger partial charge on any atom is -0.321 e. The quantitative estimate of drug-likeness (QED) is 0.759. The summed E-state index contributed by atoms with van der Waals surface area (Å²) in [4.78, 5) is 11.8. The first kappa shape index (κ1) is 11.4. The van der Waals surface area contributed by atoms with Crippen molar-refractivity contribution < 1.29 is 4.79 Å². The molecule has 0 aliphatic carbocycles. The molecule has 0 saturated carbocycles. The van der Waals surface area contributed by atoms with Gasteiger partial charge in [-0.1, -0.05) is 26.0 Å². The molecule has 1 aromatic rings. The molecular weight excluding hydrogens is 188 g/mol. The molecule has 1 unspecified atom stereocenters. The summed E-state index contributed by atoms with van der Waals surface area (Å²) in [5.74, 6) is 0.0441. The SMILES string of the molecule is CC(C)C(N)C(=O)c1ccc(C#N)cc1. The van der Waals surface area contributed by atoms with Crippen LogP contribution in [0.15, 0.2) is 24.3 Å². The van der Waals surface area contributed by atoms with E-state index in [-0.39, 0.29) is 11.7 Å². The van der Waals surface area contributed by atoms with Crippen LogP contribution in [0.5, 0.6) is 0 Å². The average molecular weight is 202 g/mol. The molecule has 3 heteroatoms. The first-order chi connectivity index (χ1) is 7.06. The molecule has 1 aromatic carbocycles. The van der Waals surface area contributed by atoms with Crippen molar-refractivity contribution in [3.05, 3.63) is 35.4 Å². The third-order valence-corrected chi connectivity index (χ3v) is 2.32. The number of benzene rings is 1. The van der Waals surface area contributed by atoms with E-state index in [0.29, 0.717) is 11.1 Å². The molecule has 0 aliphatic heterocycles. The number of carbonyl (C=O) groups is 1. The van der Waals surface area contributed by atoms with Gasteiger partial charge in [0.2, 0.25) is 0 Å². The van der Waals surface area contributed by atoms with Crippen molar-refractivity contribution in [2.24, 2.45) is 11.7 Å². The lowest BCUT2D eigenvalue weighted by Gasteiger charge is -2.13. The van der Waals surface area contributed by atoms with Crippen LogP contribution in [0, 0.1) is 17.2 Å². The Morgan fingerprint density at radius 2 is 1.87 bits per heavy atom. The van der Waals surface area contributed by atoms with E-state index in [1.807, 2.05) is 19.9 Å². The lowest BCUT2D eigenvalue weighted by atomic mass is 9.95. The number of Topliss-reactive ketones (excluding diaryl/α,β-unsaturated/α-hetero) is 1. The maximum atomic E-state index is 11.8. The Hall–Kier alpha value is -1.66. The Morgan fingerprint density at radius 3 is 2.27 bits per heavy atom. The highest BCUT2D eigenvalue weighted by Crippen LogP contribution is 2.09. The highest BCUT2D eigenvalue weighted by molar-refractivity contribution is 6.00. The van der Waals surface area contributed by atoms with Crippen molar-refractivity contribution >= 4 is 5.78 Å². The van der Waals surface area contributed by atoms with Crippen LogP contribution in [0.3, 0.4) is 0 Å². The molecule has 15 heavy (non-hydrogen) atoms. The number of hydrogen-bond donors (Lipinski definition) is 1. The molecular formula is C12H14N2O. The van der Waals surface area contributed by atoms with Crippen LogP contribution in [-0.4, -0.2) is 11.8 Å². The van der Waals surface area contributed by atoms with Gasteiger partial charge in [-0.25, -0.2) is 0 Å². The van der Waals surface area contributed by atoms with Gasteiger partial charge in [-0.15, -0.1) is 0 Å². The molecule has 0 radical (unpaired) electrons. The number of hydrogen-bond acceptors (Lipinski definition) is 3. The van der Waals surface area contributed by atoms with E-state index in [0.717, 1.165) is 0 Å². The summed E-state index contributed by atoms with van der Waals surface area (Å²) in [5, 5.41) is 8.60. The highest BCUT2D eigenvalue weighted by Gasteiger charge is 2.18. The van der Waals surface area contributed by atoms with E-state index in [1.165, 1.54) is 0 Å². The van der Waals surface area contributed by atoms with Gasteiger partial charge in [0.15, 0.2) is 5.78 Å². The van der Waals surface area contributed by atoms with E-state index in [9.17, 15) is 4.79 Å². The van der Waals surface area contributed by atoms with E-state index in [4.69, 9.17) is 11.0 Å². The van der Waals surface area contributed by atoms with E-state index >= 15 is 0 Å². The van der Waals surface area contributed by atoms with E-state index < -0.39 is 6.04 Å². The van der Waals surface area contributed by atoms with Gasteiger partial charge >= 0.3 is 0 Å². The molecule has 0 aliphatic rings. The molecule has 0 saturated heterocycles. The highest BCUT2D eigenvalue weighted by atomic mass is 16.1. The molecule has 1 atom stereocenters. The number of nitrogens with zero attached hydrogens (tertiary/aromatic N) is 1. The normalized spacial score (nSPS) is 12.2. The van der Waals surface area contributed by atoms with Crippen LogP contribution < -0.4 is 5.73 Å². The second-order valence-corrected chi connectivity index (χ2v) is 3.82. The Morgan fingerprint density at radius 1 is 1.33 bits per heavy atom. The van der Waals surface area contributed by atoms with Crippen LogP contribution in [0.2, 0.25) is 0 Å². The summed E-state index contributed by atoms with van der Waals surface area (Å²) < 4.78 is 0. The predicted molar refractivity (Wildman–Crippen MR) is 58.3 cm³/mol. The van der Waals surface area contributed by atoms with Crippen molar-refractivity contribution in [1.29, 1.82) is 5.26 Å². The molecule has 1 rings (SSSR count). The minimum absolute atomic E-state index is 0.0745. The molecule has 0 spiro atoms. The molecule has 0 heterocycles. The molecule has 2 N–H and O–H groups in total. The summed E-state index contributed by atoms with van der Waals surface area (Å²) in [5.41, 5.74) is 6.86. The average Bonchev–Trinajstić information content (AvgIpc) is 2.27. The first-order valence-electron chi connectivity index (χ1n) is 4.86. The summed E-state index contributed by atoms with van der Waals surface area (Å²) in [6.45, 7) is 3.82. The zero-order valence-corrected chi connectivity index (χ0v) is 8.90. The van der Waals surface area contributed by atoms with Crippen LogP contribution in [0.4, 0.5) is 0 Å². The fourth-order valence-corrected chi connectivity index (χ4v) is 1.20. The van der Waals surface area contributed by atoms with Crippen LogP contribution in [0.25, 0.3) is 0 Å². The summed E-state index contributed by atoms with van der Waals surface area (Å²) >= 11 is 0. The van der Waals surface area contributed by atoms with Crippen molar-refractivity contribution in [2.45, 2.75) is 19.9 Å². The van der Waals surface area contributed by atoms with Crippen LogP contribution in [0.1, 0.15) is 29.8 Å². The Balaban J connectivity index is 2.89. The van der Waals surface area contributed by atoms with Gasteiger partial charge in [-0.3, -0.25) is 4.79 Å². The van der Waals surface area contributed by atoms with Crippen molar-refractivity contribution in [3.63, 3.8) is 0 Å². The van der Waals surface area contributed by atoms with E-state index in [1.54, 1.807) is 24.3 Å². The molecule has 78 valence electrons.